The molecule has 0 aliphatic carbocycles. The second-order valence-electron chi connectivity index (χ2n) is 5.93. The van der Waals surface area contributed by atoms with E-state index in [0.717, 1.165) is 12.8 Å². The van der Waals surface area contributed by atoms with E-state index >= 15 is 0 Å². The molecular weight excluding hydrogens is 313 g/mol. The van der Waals surface area contributed by atoms with Crippen LogP contribution >= 0.6 is 0 Å². The molecule has 0 spiro atoms. The molecule has 1 aliphatic rings. The number of hydrogen-bond acceptors (Lipinski definition) is 3. The van der Waals surface area contributed by atoms with E-state index in [0.29, 0.717) is 18.7 Å². The average Bonchev–Trinajstić information content (AvgIpc) is 2.59. The van der Waals surface area contributed by atoms with Gasteiger partial charge in [-0.05, 0) is 37.1 Å². The molecule has 7 heteroatoms. The molecule has 1 N–H and O–H groups in total. The van der Waals surface area contributed by atoms with Crippen LogP contribution in [0.4, 0.5) is 4.39 Å². The second-order valence-corrected chi connectivity index (χ2v) is 5.93. The number of piperidine rings is 1. The van der Waals surface area contributed by atoms with Gasteiger partial charge < -0.3 is 15.1 Å². The highest BCUT2D eigenvalue weighted by atomic mass is 19.1. The Balaban J connectivity index is 1.78. The van der Waals surface area contributed by atoms with Gasteiger partial charge in [0.05, 0.1) is 6.54 Å². The Kier molecular flexibility index (Phi) is 5.89. The maximum atomic E-state index is 12.8. The molecule has 0 bridgehead atoms. The zero-order valence-electron chi connectivity index (χ0n) is 13.9. The Morgan fingerprint density at radius 3 is 2.33 bits per heavy atom. The van der Waals surface area contributed by atoms with Crippen molar-refractivity contribution in [1.82, 2.24) is 15.1 Å². The third-order valence-electron chi connectivity index (χ3n) is 4.37. The molecular formula is C17H22FN3O3. The quantitative estimate of drug-likeness (QED) is 0.893. The molecule has 130 valence electrons. The summed E-state index contributed by atoms with van der Waals surface area (Å²) in [5, 5.41) is 2.55. The monoisotopic (exact) mass is 335 g/mol. The number of benzene rings is 1. The van der Waals surface area contributed by atoms with E-state index < -0.39 is 11.7 Å². The number of halogens is 1. The first-order chi connectivity index (χ1) is 11.4. The summed E-state index contributed by atoms with van der Waals surface area (Å²) in [6.07, 6.45) is 1.46. The highest BCUT2D eigenvalue weighted by Crippen LogP contribution is 2.15. The number of rotatable bonds is 4. The first-order valence-corrected chi connectivity index (χ1v) is 7.93. The summed E-state index contributed by atoms with van der Waals surface area (Å²) in [7, 11) is 1.77. The van der Waals surface area contributed by atoms with Crippen molar-refractivity contribution in [2.45, 2.75) is 25.8 Å². The summed E-state index contributed by atoms with van der Waals surface area (Å²) in [4.78, 5) is 38.8. The molecule has 1 aromatic carbocycles. The van der Waals surface area contributed by atoms with Crippen LogP contribution < -0.4 is 5.32 Å². The van der Waals surface area contributed by atoms with Crippen LogP contribution in [0.1, 0.15) is 30.1 Å². The van der Waals surface area contributed by atoms with E-state index in [1.165, 1.54) is 31.2 Å². The van der Waals surface area contributed by atoms with E-state index in [1.54, 1.807) is 16.8 Å². The summed E-state index contributed by atoms with van der Waals surface area (Å²) in [6.45, 7) is 2.56. The second kappa shape index (κ2) is 7.90. The van der Waals surface area contributed by atoms with Crippen LogP contribution in [-0.2, 0) is 9.59 Å². The lowest BCUT2D eigenvalue weighted by atomic mass is 10.0. The van der Waals surface area contributed by atoms with Crippen molar-refractivity contribution >= 4 is 17.7 Å². The van der Waals surface area contributed by atoms with E-state index in [1.807, 2.05) is 0 Å². The summed E-state index contributed by atoms with van der Waals surface area (Å²) in [5.74, 6) is -0.962. The minimum atomic E-state index is -0.416. The normalized spacial score (nSPS) is 15.0. The van der Waals surface area contributed by atoms with Crippen molar-refractivity contribution < 1.29 is 18.8 Å². The SMILES string of the molecule is CC(=O)N(C)C1CCN(C(=O)CNC(=O)c2ccc(F)cc2)CC1. The van der Waals surface area contributed by atoms with Gasteiger partial charge in [0.1, 0.15) is 5.82 Å². The fraction of sp³-hybridized carbons (Fsp3) is 0.471. The number of amides is 3. The summed E-state index contributed by atoms with van der Waals surface area (Å²) >= 11 is 0. The predicted octanol–water partition coefficient (Wildman–Crippen LogP) is 1.02. The molecule has 2 rings (SSSR count). The van der Waals surface area contributed by atoms with Gasteiger partial charge in [0.15, 0.2) is 0 Å². The molecule has 1 aliphatic heterocycles. The third-order valence-corrected chi connectivity index (χ3v) is 4.37. The van der Waals surface area contributed by atoms with Gasteiger partial charge in [0.2, 0.25) is 11.8 Å². The van der Waals surface area contributed by atoms with Gasteiger partial charge >= 0.3 is 0 Å². The van der Waals surface area contributed by atoms with Gasteiger partial charge in [-0.2, -0.15) is 0 Å². The molecule has 3 amide bonds. The van der Waals surface area contributed by atoms with Crippen molar-refractivity contribution in [3.05, 3.63) is 35.6 Å². The van der Waals surface area contributed by atoms with E-state index in [9.17, 15) is 18.8 Å². The number of carbonyl (C=O) groups is 3. The lowest BCUT2D eigenvalue weighted by molar-refractivity contribution is -0.133. The zero-order valence-corrected chi connectivity index (χ0v) is 13.9. The standard InChI is InChI=1S/C17H22FN3O3/c1-12(22)20(2)15-7-9-21(10-8-15)16(23)11-19-17(24)13-3-5-14(18)6-4-13/h3-6,15H,7-11H2,1-2H3,(H,19,24). The van der Waals surface area contributed by atoms with Gasteiger partial charge in [0.25, 0.3) is 5.91 Å². The number of nitrogens with one attached hydrogen (secondary N) is 1. The van der Waals surface area contributed by atoms with Crippen molar-refractivity contribution in [2.24, 2.45) is 0 Å². The Morgan fingerprint density at radius 1 is 1.21 bits per heavy atom. The maximum absolute atomic E-state index is 12.8. The van der Waals surface area contributed by atoms with E-state index in [2.05, 4.69) is 5.32 Å². The van der Waals surface area contributed by atoms with Gasteiger partial charge in [0, 0.05) is 38.7 Å². The molecule has 1 fully saturated rings. The van der Waals surface area contributed by atoms with Crippen LogP contribution in [0.5, 0.6) is 0 Å². The smallest absolute Gasteiger partial charge is 0.251 e. The summed E-state index contributed by atoms with van der Waals surface area (Å²) in [6, 6.07) is 5.30. The lowest BCUT2D eigenvalue weighted by Gasteiger charge is -2.36. The first-order valence-electron chi connectivity index (χ1n) is 7.93. The van der Waals surface area contributed by atoms with Crippen molar-refractivity contribution in [3.63, 3.8) is 0 Å². The van der Waals surface area contributed by atoms with Crippen LogP contribution in [0.2, 0.25) is 0 Å². The molecule has 0 saturated carbocycles. The van der Waals surface area contributed by atoms with Crippen LogP contribution in [0.15, 0.2) is 24.3 Å². The van der Waals surface area contributed by atoms with Crippen LogP contribution in [-0.4, -0.2) is 60.2 Å². The average molecular weight is 335 g/mol. The summed E-state index contributed by atoms with van der Waals surface area (Å²) in [5.41, 5.74) is 0.311. The Bertz CT molecular complexity index is 610. The predicted molar refractivity (Wildman–Crippen MR) is 86.8 cm³/mol. The number of hydrogen-bond donors (Lipinski definition) is 1. The molecule has 1 heterocycles. The molecule has 0 atom stereocenters. The Hall–Kier alpha value is -2.44. The van der Waals surface area contributed by atoms with Gasteiger partial charge in [-0.1, -0.05) is 0 Å². The van der Waals surface area contributed by atoms with Crippen LogP contribution in [0.3, 0.4) is 0 Å². The number of likely N-dealkylation sites (tertiary alicyclic amines) is 1. The molecule has 0 unspecified atom stereocenters. The highest BCUT2D eigenvalue weighted by Gasteiger charge is 2.26. The van der Waals surface area contributed by atoms with Crippen LogP contribution in [0, 0.1) is 5.82 Å². The molecule has 6 nitrogen and oxygen atoms in total. The van der Waals surface area contributed by atoms with Gasteiger partial charge in [-0.25, -0.2) is 4.39 Å². The van der Waals surface area contributed by atoms with Crippen molar-refractivity contribution in [2.75, 3.05) is 26.7 Å². The number of nitrogens with zero attached hydrogens (tertiary/aromatic N) is 2. The molecule has 0 radical (unpaired) electrons. The first kappa shape index (κ1) is 17.9. The molecule has 1 saturated heterocycles. The largest absolute Gasteiger partial charge is 0.343 e. The molecule has 0 aromatic heterocycles. The Morgan fingerprint density at radius 2 is 1.79 bits per heavy atom. The van der Waals surface area contributed by atoms with E-state index in [-0.39, 0.29) is 24.4 Å². The highest BCUT2D eigenvalue weighted by molar-refractivity contribution is 5.96. The third kappa shape index (κ3) is 4.53. The van der Waals surface area contributed by atoms with Gasteiger partial charge in [-0.3, -0.25) is 14.4 Å². The lowest BCUT2D eigenvalue weighted by Crippen LogP contribution is -2.49. The fourth-order valence-corrected chi connectivity index (χ4v) is 2.73. The topological polar surface area (TPSA) is 69.7 Å². The van der Waals surface area contributed by atoms with Crippen molar-refractivity contribution in [1.29, 1.82) is 0 Å². The van der Waals surface area contributed by atoms with Gasteiger partial charge in [-0.15, -0.1) is 0 Å². The molecule has 24 heavy (non-hydrogen) atoms. The zero-order chi connectivity index (χ0) is 17.7. The summed E-state index contributed by atoms with van der Waals surface area (Å²) < 4.78 is 12.8. The van der Waals surface area contributed by atoms with Crippen LogP contribution in [0.25, 0.3) is 0 Å². The molecule has 1 aromatic rings. The number of carbonyl (C=O) groups excluding carboxylic acids is 3. The maximum Gasteiger partial charge on any atom is 0.251 e. The minimum absolute atomic E-state index is 0.0198. The minimum Gasteiger partial charge on any atom is -0.343 e. The Labute approximate surface area is 140 Å². The van der Waals surface area contributed by atoms with E-state index in [4.69, 9.17) is 0 Å². The van der Waals surface area contributed by atoms with Crippen molar-refractivity contribution in [3.8, 4) is 0 Å². The fourth-order valence-electron chi connectivity index (χ4n) is 2.73.